The number of hydrogen-bond acceptors (Lipinski definition) is 2. The average Bonchev–Trinajstić information content (AvgIpc) is 2.12. The molecule has 1 amide bonds. The highest BCUT2D eigenvalue weighted by atomic mass is 19.1. The van der Waals surface area contributed by atoms with Crippen LogP contribution >= 0.6 is 0 Å². The number of carbonyl (C=O) groups excluding carboxylic acids is 1. The number of rotatable bonds is 3. The number of carbonyl (C=O) groups is 1. The van der Waals surface area contributed by atoms with Gasteiger partial charge in [-0.15, -0.1) is 0 Å². The number of nitrogens with one attached hydrogen (secondary N) is 1. The van der Waals surface area contributed by atoms with Gasteiger partial charge < -0.3 is 10.4 Å². The SMILES string of the molecule is Cc1cc(F)cc(C(=O)NCCO)c1. The predicted molar refractivity (Wildman–Crippen MR) is 50.6 cm³/mol. The quantitative estimate of drug-likeness (QED) is 0.755. The van der Waals surface area contributed by atoms with Crippen LogP contribution < -0.4 is 5.32 Å². The summed E-state index contributed by atoms with van der Waals surface area (Å²) in [6, 6.07) is 4.11. The van der Waals surface area contributed by atoms with Crippen molar-refractivity contribution in [2.24, 2.45) is 0 Å². The normalized spacial score (nSPS) is 9.93. The number of aryl methyl sites for hydroxylation is 1. The van der Waals surface area contributed by atoms with Gasteiger partial charge in [-0.1, -0.05) is 0 Å². The van der Waals surface area contributed by atoms with Crippen molar-refractivity contribution in [3.8, 4) is 0 Å². The van der Waals surface area contributed by atoms with Gasteiger partial charge in [0.1, 0.15) is 5.82 Å². The van der Waals surface area contributed by atoms with Gasteiger partial charge in [-0.2, -0.15) is 0 Å². The van der Waals surface area contributed by atoms with E-state index in [1.807, 2.05) is 0 Å². The van der Waals surface area contributed by atoms with Gasteiger partial charge in [-0.3, -0.25) is 4.79 Å². The lowest BCUT2D eigenvalue weighted by molar-refractivity contribution is 0.0944. The second kappa shape index (κ2) is 4.72. The minimum absolute atomic E-state index is 0.125. The lowest BCUT2D eigenvalue weighted by Crippen LogP contribution is -2.26. The molecule has 1 rings (SSSR count). The minimum Gasteiger partial charge on any atom is -0.395 e. The molecule has 0 spiro atoms. The van der Waals surface area contributed by atoms with E-state index in [1.165, 1.54) is 12.1 Å². The van der Waals surface area contributed by atoms with E-state index < -0.39 is 5.82 Å². The first-order chi connectivity index (χ1) is 6.63. The molecule has 0 atom stereocenters. The van der Waals surface area contributed by atoms with Crippen molar-refractivity contribution in [1.29, 1.82) is 0 Å². The van der Waals surface area contributed by atoms with Crippen LogP contribution in [0.15, 0.2) is 18.2 Å². The van der Waals surface area contributed by atoms with Crippen LogP contribution in [0.3, 0.4) is 0 Å². The molecular weight excluding hydrogens is 185 g/mol. The molecule has 0 aromatic heterocycles. The molecule has 0 radical (unpaired) electrons. The van der Waals surface area contributed by atoms with Crippen molar-refractivity contribution >= 4 is 5.91 Å². The average molecular weight is 197 g/mol. The van der Waals surface area contributed by atoms with Crippen LogP contribution in [-0.2, 0) is 0 Å². The van der Waals surface area contributed by atoms with Crippen LogP contribution in [0.4, 0.5) is 4.39 Å². The third-order valence-electron chi connectivity index (χ3n) is 1.70. The fraction of sp³-hybridized carbons (Fsp3) is 0.300. The van der Waals surface area contributed by atoms with Crippen LogP contribution in [0.1, 0.15) is 15.9 Å². The Morgan fingerprint density at radius 2 is 2.21 bits per heavy atom. The molecule has 0 aliphatic carbocycles. The molecule has 0 bridgehead atoms. The molecule has 0 saturated carbocycles. The summed E-state index contributed by atoms with van der Waals surface area (Å²) in [5, 5.41) is 10.9. The van der Waals surface area contributed by atoms with E-state index in [9.17, 15) is 9.18 Å². The van der Waals surface area contributed by atoms with Crippen molar-refractivity contribution in [1.82, 2.24) is 5.32 Å². The molecule has 0 heterocycles. The molecule has 1 aromatic carbocycles. The van der Waals surface area contributed by atoms with Crippen LogP contribution in [0, 0.1) is 12.7 Å². The summed E-state index contributed by atoms with van der Waals surface area (Å²) in [5.41, 5.74) is 0.968. The number of hydrogen-bond donors (Lipinski definition) is 2. The van der Waals surface area contributed by atoms with Crippen molar-refractivity contribution in [3.63, 3.8) is 0 Å². The van der Waals surface area contributed by atoms with Gasteiger partial charge in [-0.05, 0) is 30.7 Å². The summed E-state index contributed by atoms with van der Waals surface area (Å²) in [4.78, 5) is 11.3. The Morgan fingerprint density at radius 1 is 1.50 bits per heavy atom. The van der Waals surface area contributed by atoms with Gasteiger partial charge >= 0.3 is 0 Å². The molecule has 3 nitrogen and oxygen atoms in total. The zero-order chi connectivity index (χ0) is 10.6. The number of amides is 1. The molecule has 0 aliphatic heterocycles. The van der Waals surface area contributed by atoms with E-state index in [4.69, 9.17) is 5.11 Å². The lowest BCUT2D eigenvalue weighted by atomic mass is 10.1. The van der Waals surface area contributed by atoms with E-state index >= 15 is 0 Å². The maximum Gasteiger partial charge on any atom is 0.251 e. The first-order valence-corrected chi connectivity index (χ1v) is 4.29. The summed E-state index contributed by atoms with van der Waals surface area (Å²) in [6.45, 7) is 1.76. The number of halogens is 1. The van der Waals surface area contributed by atoms with E-state index in [2.05, 4.69) is 5.32 Å². The Bertz CT molecular complexity index is 319. The Morgan fingerprint density at radius 3 is 2.79 bits per heavy atom. The van der Waals surface area contributed by atoms with Crippen molar-refractivity contribution in [2.45, 2.75) is 6.92 Å². The summed E-state index contributed by atoms with van der Waals surface area (Å²) >= 11 is 0. The summed E-state index contributed by atoms with van der Waals surface area (Å²) < 4.78 is 12.9. The second-order valence-electron chi connectivity index (χ2n) is 3.00. The van der Waals surface area contributed by atoms with Crippen molar-refractivity contribution < 1.29 is 14.3 Å². The van der Waals surface area contributed by atoms with E-state index in [0.29, 0.717) is 5.56 Å². The van der Waals surface area contributed by atoms with Crippen molar-refractivity contribution in [3.05, 3.63) is 35.1 Å². The second-order valence-corrected chi connectivity index (χ2v) is 3.00. The van der Waals surface area contributed by atoms with Gasteiger partial charge in [-0.25, -0.2) is 4.39 Å². The van der Waals surface area contributed by atoms with E-state index in [-0.39, 0.29) is 24.6 Å². The molecule has 0 saturated heterocycles. The first kappa shape index (κ1) is 10.7. The molecule has 14 heavy (non-hydrogen) atoms. The molecule has 0 unspecified atom stereocenters. The molecule has 76 valence electrons. The molecule has 1 aromatic rings. The summed E-state index contributed by atoms with van der Waals surface area (Å²) in [7, 11) is 0. The highest BCUT2D eigenvalue weighted by Crippen LogP contribution is 2.07. The van der Waals surface area contributed by atoms with Crippen molar-refractivity contribution in [2.75, 3.05) is 13.2 Å². The highest BCUT2D eigenvalue weighted by molar-refractivity contribution is 5.94. The van der Waals surface area contributed by atoms with Crippen LogP contribution in [0.2, 0.25) is 0 Å². The lowest BCUT2D eigenvalue weighted by Gasteiger charge is -2.04. The maximum absolute atomic E-state index is 12.9. The van der Waals surface area contributed by atoms with E-state index in [0.717, 1.165) is 0 Å². The van der Waals surface area contributed by atoms with E-state index in [1.54, 1.807) is 13.0 Å². The minimum atomic E-state index is -0.431. The number of benzene rings is 1. The zero-order valence-corrected chi connectivity index (χ0v) is 7.88. The van der Waals surface area contributed by atoms with Crippen LogP contribution in [0.5, 0.6) is 0 Å². The Kier molecular flexibility index (Phi) is 3.59. The maximum atomic E-state index is 12.9. The molecular formula is C10H12FNO2. The number of aliphatic hydroxyl groups is 1. The largest absolute Gasteiger partial charge is 0.395 e. The fourth-order valence-electron chi connectivity index (χ4n) is 1.14. The van der Waals surface area contributed by atoms with Crippen LogP contribution in [0.25, 0.3) is 0 Å². The van der Waals surface area contributed by atoms with Gasteiger partial charge in [0, 0.05) is 12.1 Å². The standard InChI is InChI=1S/C10H12FNO2/c1-7-4-8(6-9(11)5-7)10(14)12-2-3-13/h4-6,13H,2-3H2,1H3,(H,12,14). The predicted octanol–water partition coefficient (Wildman–Crippen LogP) is 0.856. The Hall–Kier alpha value is -1.42. The van der Waals surface area contributed by atoms with Crippen LogP contribution in [-0.4, -0.2) is 24.2 Å². The van der Waals surface area contributed by atoms with Gasteiger partial charge in [0.15, 0.2) is 0 Å². The number of aliphatic hydroxyl groups excluding tert-OH is 1. The Labute approximate surface area is 81.6 Å². The molecule has 4 heteroatoms. The fourth-order valence-corrected chi connectivity index (χ4v) is 1.14. The third-order valence-corrected chi connectivity index (χ3v) is 1.70. The molecule has 0 aliphatic rings. The summed E-state index contributed by atoms with van der Waals surface area (Å²) in [6.07, 6.45) is 0. The Balaban J connectivity index is 2.79. The monoisotopic (exact) mass is 197 g/mol. The zero-order valence-electron chi connectivity index (χ0n) is 7.88. The molecule has 0 fully saturated rings. The van der Waals surface area contributed by atoms with Gasteiger partial charge in [0.25, 0.3) is 5.91 Å². The smallest absolute Gasteiger partial charge is 0.251 e. The van der Waals surface area contributed by atoms with Gasteiger partial charge in [0.2, 0.25) is 0 Å². The molecule has 2 N–H and O–H groups in total. The first-order valence-electron chi connectivity index (χ1n) is 4.29. The van der Waals surface area contributed by atoms with Gasteiger partial charge in [0.05, 0.1) is 6.61 Å². The summed E-state index contributed by atoms with van der Waals surface area (Å²) in [5.74, 6) is -0.805. The highest BCUT2D eigenvalue weighted by Gasteiger charge is 2.06. The third kappa shape index (κ3) is 2.81. The topological polar surface area (TPSA) is 49.3 Å².